The average molecular weight is 166 g/mol. The van der Waals surface area contributed by atoms with Crippen LogP contribution in [0.15, 0.2) is 17.5 Å². The molecule has 11 heavy (non-hydrogen) atoms. The minimum Gasteiger partial charge on any atom is -0.368 e. The standard InChI is InChI=1S/C9H10OS/c1-3-8(7-10-5-1)9-4-2-6-11-9/h2,4,6,8H,1,3,5H2. The van der Waals surface area contributed by atoms with Gasteiger partial charge in [-0.3, -0.25) is 0 Å². The van der Waals surface area contributed by atoms with E-state index in [0.717, 1.165) is 13.0 Å². The minimum atomic E-state index is 0.434. The van der Waals surface area contributed by atoms with Crippen molar-refractivity contribution in [3.8, 4) is 0 Å². The summed E-state index contributed by atoms with van der Waals surface area (Å²) in [6, 6.07) is 4.23. The molecule has 0 spiro atoms. The Morgan fingerprint density at radius 1 is 1.64 bits per heavy atom. The molecule has 2 radical (unpaired) electrons. The van der Waals surface area contributed by atoms with Crippen LogP contribution in [0.3, 0.4) is 0 Å². The first-order chi connectivity index (χ1) is 5.47. The van der Waals surface area contributed by atoms with Crippen LogP contribution in [-0.4, -0.2) is 6.61 Å². The van der Waals surface area contributed by atoms with E-state index in [9.17, 15) is 0 Å². The molecule has 1 fully saturated rings. The molecule has 0 N–H and O–H groups in total. The van der Waals surface area contributed by atoms with Gasteiger partial charge in [-0.15, -0.1) is 11.3 Å². The molecule has 1 saturated heterocycles. The van der Waals surface area contributed by atoms with Crippen molar-refractivity contribution in [2.75, 3.05) is 6.61 Å². The molecule has 1 aromatic rings. The van der Waals surface area contributed by atoms with Crippen LogP contribution in [0.2, 0.25) is 0 Å². The Labute approximate surface area is 71.0 Å². The van der Waals surface area contributed by atoms with Gasteiger partial charge >= 0.3 is 0 Å². The van der Waals surface area contributed by atoms with Gasteiger partial charge in [0, 0.05) is 17.4 Å². The highest BCUT2D eigenvalue weighted by Crippen LogP contribution is 2.30. The minimum absolute atomic E-state index is 0.434. The van der Waals surface area contributed by atoms with E-state index in [4.69, 9.17) is 4.74 Å². The van der Waals surface area contributed by atoms with Crippen LogP contribution >= 0.6 is 11.3 Å². The summed E-state index contributed by atoms with van der Waals surface area (Å²) < 4.78 is 5.16. The molecule has 0 aliphatic carbocycles. The molecular weight excluding hydrogens is 156 g/mol. The van der Waals surface area contributed by atoms with Crippen LogP contribution in [0.4, 0.5) is 0 Å². The van der Waals surface area contributed by atoms with Crippen molar-refractivity contribution in [2.24, 2.45) is 0 Å². The van der Waals surface area contributed by atoms with Crippen LogP contribution in [-0.2, 0) is 4.74 Å². The van der Waals surface area contributed by atoms with Crippen LogP contribution in [0, 0.1) is 6.61 Å². The zero-order valence-corrected chi connectivity index (χ0v) is 7.06. The van der Waals surface area contributed by atoms with E-state index in [1.807, 2.05) is 0 Å². The normalized spacial score (nSPS) is 25.3. The summed E-state index contributed by atoms with van der Waals surface area (Å²) in [7, 11) is 0. The molecule has 0 amide bonds. The summed E-state index contributed by atoms with van der Waals surface area (Å²) in [6.45, 7) is 3.88. The van der Waals surface area contributed by atoms with Crippen molar-refractivity contribution in [2.45, 2.75) is 18.8 Å². The van der Waals surface area contributed by atoms with E-state index >= 15 is 0 Å². The fourth-order valence-electron chi connectivity index (χ4n) is 1.27. The lowest BCUT2D eigenvalue weighted by atomic mass is 10.0. The summed E-state index contributed by atoms with van der Waals surface area (Å²) in [4.78, 5) is 1.38. The summed E-state index contributed by atoms with van der Waals surface area (Å²) >= 11 is 1.79. The third-order valence-corrected chi connectivity index (χ3v) is 2.84. The molecule has 1 nitrogen and oxygen atoms in total. The molecular formula is C9H10OS. The predicted octanol–water partition coefficient (Wildman–Crippen LogP) is 2.68. The Kier molecular flexibility index (Phi) is 2.24. The van der Waals surface area contributed by atoms with Gasteiger partial charge in [0.2, 0.25) is 0 Å². The first-order valence-electron chi connectivity index (χ1n) is 3.87. The van der Waals surface area contributed by atoms with Crippen LogP contribution in [0.1, 0.15) is 23.6 Å². The Balaban J connectivity index is 2.04. The predicted molar refractivity (Wildman–Crippen MR) is 45.5 cm³/mol. The quantitative estimate of drug-likeness (QED) is 0.623. The molecule has 0 aromatic carbocycles. The van der Waals surface area contributed by atoms with Crippen LogP contribution in [0.25, 0.3) is 0 Å². The second kappa shape index (κ2) is 3.37. The molecule has 2 rings (SSSR count). The summed E-state index contributed by atoms with van der Waals surface area (Å²) in [5.41, 5.74) is 0. The summed E-state index contributed by atoms with van der Waals surface area (Å²) in [6.07, 6.45) is 2.36. The first kappa shape index (κ1) is 7.32. The van der Waals surface area contributed by atoms with E-state index in [-0.39, 0.29) is 0 Å². The topological polar surface area (TPSA) is 9.23 Å². The second-order valence-electron chi connectivity index (χ2n) is 2.68. The number of rotatable bonds is 1. The maximum atomic E-state index is 5.16. The lowest BCUT2D eigenvalue weighted by Gasteiger charge is -2.18. The highest BCUT2D eigenvalue weighted by atomic mass is 32.1. The molecule has 2 heterocycles. The van der Waals surface area contributed by atoms with Crippen molar-refractivity contribution >= 4 is 11.3 Å². The average Bonchev–Trinajstić information content (AvgIpc) is 2.58. The third kappa shape index (κ3) is 1.63. The maximum Gasteiger partial charge on any atom is 0.141 e. The van der Waals surface area contributed by atoms with Crippen molar-refractivity contribution in [1.82, 2.24) is 0 Å². The Morgan fingerprint density at radius 2 is 2.64 bits per heavy atom. The molecule has 2 heteroatoms. The number of thiophene rings is 1. The van der Waals surface area contributed by atoms with Gasteiger partial charge in [0.25, 0.3) is 0 Å². The van der Waals surface area contributed by atoms with Crippen LogP contribution in [0.5, 0.6) is 0 Å². The van der Waals surface area contributed by atoms with E-state index < -0.39 is 0 Å². The van der Waals surface area contributed by atoms with E-state index in [1.165, 1.54) is 11.3 Å². The Morgan fingerprint density at radius 3 is 3.27 bits per heavy atom. The second-order valence-corrected chi connectivity index (χ2v) is 3.66. The van der Waals surface area contributed by atoms with Gasteiger partial charge in [0.15, 0.2) is 0 Å². The lowest BCUT2D eigenvalue weighted by Crippen LogP contribution is -2.09. The number of hydrogen-bond acceptors (Lipinski definition) is 2. The van der Waals surface area contributed by atoms with Gasteiger partial charge in [-0.2, -0.15) is 0 Å². The molecule has 1 aliphatic heterocycles. The molecule has 1 aliphatic rings. The highest BCUT2D eigenvalue weighted by Gasteiger charge is 2.17. The van der Waals surface area contributed by atoms with Gasteiger partial charge in [-0.1, -0.05) is 6.07 Å². The monoisotopic (exact) mass is 166 g/mol. The third-order valence-electron chi connectivity index (χ3n) is 1.85. The van der Waals surface area contributed by atoms with Crippen molar-refractivity contribution < 1.29 is 4.74 Å². The van der Waals surface area contributed by atoms with E-state index in [2.05, 4.69) is 24.1 Å². The largest absolute Gasteiger partial charge is 0.368 e. The summed E-state index contributed by atoms with van der Waals surface area (Å²) in [5.74, 6) is 0.434. The SMILES string of the molecule is [C]1OCCCC1c1cccs1. The first-order valence-corrected chi connectivity index (χ1v) is 4.75. The summed E-state index contributed by atoms with van der Waals surface area (Å²) in [5, 5.41) is 2.10. The molecule has 1 unspecified atom stereocenters. The number of hydrogen-bond donors (Lipinski definition) is 0. The zero-order chi connectivity index (χ0) is 7.52. The van der Waals surface area contributed by atoms with Crippen molar-refractivity contribution in [3.63, 3.8) is 0 Å². The molecule has 0 bridgehead atoms. The van der Waals surface area contributed by atoms with Crippen LogP contribution < -0.4 is 0 Å². The molecule has 1 aromatic heterocycles. The van der Waals surface area contributed by atoms with Crippen molar-refractivity contribution in [1.29, 1.82) is 0 Å². The molecule has 0 saturated carbocycles. The molecule has 1 atom stereocenters. The van der Waals surface area contributed by atoms with Gasteiger partial charge in [0.05, 0.1) is 0 Å². The fraction of sp³-hybridized carbons (Fsp3) is 0.444. The van der Waals surface area contributed by atoms with Crippen molar-refractivity contribution in [3.05, 3.63) is 29.0 Å². The van der Waals surface area contributed by atoms with Gasteiger partial charge < -0.3 is 4.74 Å². The Hall–Kier alpha value is -0.340. The van der Waals surface area contributed by atoms with Gasteiger partial charge in [-0.05, 0) is 24.3 Å². The Bertz CT molecular complexity index is 199. The van der Waals surface area contributed by atoms with E-state index in [1.54, 1.807) is 11.3 Å². The zero-order valence-electron chi connectivity index (χ0n) is 6.25. The highest BCUT2D eigenvalue weighted by molar-refractivity contribution is 7.10. The maximum absolute atomic E-state index is 5.16. The molecule has 58 valence electrons. The smallest absolute Gasteiger partial charge is 0.141 e. The lowest BCUT2D eigenvalue weighted by molar-refractivity contribution is 0.141. The number of ether oxygens (including phenoxy) is 1. The fourth-order valence-corrected chi connectivity index (χ4v) is 2.07. The van der Waals surface area contributed by atoms with Gasteiger partial charge in [0.1, 0.15) is 6.61 Å². The van der Waals surface area contributed by atoms with E-state index in [0.29, 0.717) is 5.92 Å². The van der Waals surface area contributed by atoms with Gasteiger partial charge in [-0.25, -0.2) is 0 Å².